The zero-order valence-corrected chi connectivity index (χ0v) is 21.0. The van der Waals surface area contributed by atoms with Crippen molar-refractivity contribution in [3.8, 4) is 5.69 Å². The molecule has 0 aliphatic heterocycles. The lowest BCUT2D eigenvalue weighted by Crippen LogP contribution is -2.38. The number of carbonyl (C=O) groups is 1. The van der Waals surface area contributed by atoms with Crippen LogP contribution in [0, 0.1) is 6.92 Å². The summed E-state index contributed by atoms with van der Waals surface area (Å²) in [5, 5.41) is 7.94. The zero-order valence-electron chi connectivity index (χ0n) is 19.3. The second-order valence-electron chi connectivity index (χ2n) is 8.40. The van der Waals surface area contributed by atoms with Crippen molar-refractivity contribution in [2.45, 2.75) is 55.0 Å². The first kappa shape index (κ1) is 24.4. The molecule has 0 spiro atoms. The van der Waals surface area contributed by atoms with Crippen LogP contribution in [0.25, 0.3) is 5.69 Å². The first-order valence-electron chi connectivity index (χ1n) is 11.3. The molecule has 1 aliphatic carbocycles. The van der Waals surface area contributed by atoms with Gasteiger partial charge in [0.15, 0.2) is 0 Å². The molecule has 1 N–H and O–H groups in total. The number of aromatic nitrogens is 3. The van der Waals surface area contributed by atoms with E-state index in [4.69, 9.17) is 0 Å². The summed E-state index contributed by atoms with van der Waals surface area (Å²) in [5.74, 6) is 0.534. The molecule has 0 unspecified atom stereocenters. The lowest BCUT2D eigenvalue weighted by Gasteiger charge is -2.30. The Morgan fingerprint density at radius 2 is 1.88 bits per heavy atom. The van der Waals surface area contributed by atoms with Crippen LogP contribution < -0.4 is 5.32 Å². The molecule has 10 heteroatoms. The van der Waals surface area contributed by atoms with E-state index < -0.39 is 10.0 Å². The molecular formula is C24H29N5O3S2. The van der Waals surface area contributed by atoms with Gasteiger partial charge in [0.1, 0.15) is 10.7 Å². The standard InChI is InChI=1S/C24H29N5O3S2/c1-18-15-22(29(27-18)20-11-7-4-8-12-20)26-23(30)17-33-24-14-13-21(16-25-24)34(31,32)28(2)19-9-5-3-6-10-19/h4,7-8,11-16,19H,3,5-6,9-10,17H2,1-2H3,(H,26,30). The number of para-hydroxylation sites is 1. The fourth-order valence-corrected chi connectivity index (χ4v) is 6.09. The highest BCUT2D eigenvalue weighted by Gasteiger charge is 2.29. The van der Waals surface area contributed by atoms with Crippen LogP contribution in [0.2, 0.25) is 0 Å². The van der Waals surface area contributed by atoms with E-state index in [1.807, 2.05) is 43.3 Å². The van der Waals surface area contributed by atoms with Crippen molar-refractivity contribution in [3.63, 3.8) is 0 Å². The van der Waals surface area contributed by atoms with Gasteiger partial charge in [0.05, 0.1) is 22.2 Å². The van der Waals surface area contributed by atoms with E-state index in [0.717, 1.165) is 37.1 Å². The molecule has 3 aromatic rings. The predicted octanol–water partition coefficient (Wildman–Crippen LogP) is 4.26. The molecule has 0 saturated heterocycles. The summed E-state index contributed by atoms with van der Waals surface area (Å²) in [6.45, 7) is 1.87. The van der Waals surface area contributed by atoms with Gasteiger partial charge in [-0.25, -0.2) is 18.1 Å². The minimum atomic E-state index is -3.58. The summed E-state index contributed by atoms with van der Waals surface area (Å²) in [4.78, 5) is 17.0. The second-order valence-corrected chi connectivity index (χ2v) is 11.4. The average Bonchev–Trinajstić information content (AvgIpc) is 3.23. The monoisotopic (exact) mass is 499 g/mol. The number of thioether (sulfide) groups is 1. The lowest BCUT2D eigenvalue weighted by molar-refractivity contribution is -0.113. The zero-order chi connectivity index (χ0) is 24.1. The maximum Gasteiger partial charge on any atom is 0.244 e. The van der Waals surface area contributed by atoms with Gasteiger partial charge in [0.2, 0.25) is 15.9 Å². The molecule has 34 heavy (non-hydrogen) atoms. The molecule has 2 aromatic heterocycles. The molecule has 180 valence electrons. The molecule has 0 radical (unpaired) electrons. The van der Waals surface area contributed by atoms with Crippen molar-refractivity contribution in [3.05, 3.63) is 60.4 Å². The van der Waals surface area contributed by atoms with Crippen LogP contribution in [0.1, 0.15) is 37.8 Å². The Hall–Kier alpha value is -2.69. The van der Waals surface area contributed by atoms with Crippen LogP contribution in [0.15, 0.2) is 64.6 Å². The van der Waals surface area contributed by atoms with Crippen molar-refractivity contribution >= 4 is 33.5 Å². The van der Waals surface area contributed by atoms with Gasteiger partial charge < -0.3 is 5.32 Å². The average molecular weight is 500 g/mol. The van der Waals surface area contributed by atoms with Gasteiger partial charge in [-0.05, 0) is 44.0 Å². The maximum absolute atomic E-state index is 13.0. The fraction of sp³-hybridized carbons (Fsp3) is 0.375. The van der Waals surface area contributed by atoms with Gasteiger partial charge >= 0.3 is 0 Å². The first-order chi connectivity index (χ1) is 16.3. The Labute approximate surface area is 204 Å². The quantitative estimate of drug-likeness (QED) is 0.465. The van der Waals surface area contributed by atoms with E-state index in [1.165, 1.54) is 28.7 Å². The number of nitrogens with one attached hydrogen (secondary N) is 1. The summed E-state index contributed by atoms with van der Waals surface area (Å²) in [5.41, 5.74) is 1.65. The van der Waals surface area contributed by atoms with E-state index >= 15 is 0 Å². The van der Waals surface area contributed by atoms with Gasteiger partial charge in [0, 0.05) is 25.4 Å². The number of hydrogen-bond acceptors (Lipinski definition) is 6. The third-order valence-electron chi connectivity index (χ3n) is 5.93. The Kier molecular flexibility index (Phi) is 7.70. The van der Waals surface area contributed by atoms with Gasteiger partial charge in [-0.2, -0.15) is 9.40 Å². The van der Waals surface area contributed by atoms with E-state index in [-0.39, 0.29) is 22.6 Å². The molecule has 1 fully saturated rings. The maximum atomic E-state index is 13.0. The smallest absolute Gasteiger partial charge is 0.244 e. The molecule has 4 rings (SSSR count). The number of sulfonamides is 1. The number of aryl methyl sites for hydroxylation is 1. The largest absolute Gasteiger partial charge is 0.310 e. The van der Waals surface area contributed by atoms with Crippen molar-refractivity contribution in [2.75, 3.05) is 18.1 Å². The third kappa shape index (κ3) is 5.68. The van der Waals surface area contributed by atoms with Crippen molar-refractivity contribution in [2.24, 2.45) is 0 Å². The SMILES string of the molecule is Cc1cc(NC(=O)CSc2ccc(S(=O)(=O)N(C)C3CCCCC3)cn2)n(-c2ccccc2)n1. The summed E-state index contributed by atoms with van der Waals surface area (Å²) >= 11 is 1.25. The predicted molar refractivity (Wildman–Crippen MR) is 134 cm³/mol. The van der Waals surface area contributed by atoms with E-state index in [2.05, 4.69) is 15.4 Å². The molecule has 8 nitrogen and oxygen atoms in total. The second kappa shape index (κ2) is 10.7. The van der Waals surface area contributed by atoms with Gasteiger partial charge in [-0.15, -0.1) is 0 Å². The number of carbonyl (C=O) groups excluding carboxylic acids is 1. The number of amides is 1. The summed E-state index contributed by atoms with van der Waals surface area (Å²) in [6, 6.07) is 14.7. The molecule has 0 atom stereocenters. The first-order valence-corrected chi connectivity index (χ1v) is 13.8. The van der Waals surface area contributed by atoms with Gasteiger partial charge in [-0.1, -0.05) is 49.2 Å². The summed E-state index contributed by atoms with van der Waals surface area (Å²) < 4.78 is 29.1. The Bertz CT molecular complexity index is 1220. The molecule has 1 aliphatic rings. The third-order valence-corrected chi connectivity index (χ3v) is 8.76. The van der Waals surface area contributed by atoms with Crippen LogP contribution in [-0.2, 0) is 14.8 Å². The highest BCUT2D eigenvalue weighted by Crippen LogP contribution is 2.27. The van der Waals surface area contributed by atoms with Crippen LogP contribution in [0.3, 0.4) is 0 Å². The van der Waals surface area contributed by atoms with Crippen LogP contribution in [-0.4, -0.2) is 52.2 Å². The molecule has 1 amide bonds. The number of benzene rings is 1. The van der Waals surface area contributed by atoms with Gasteiger partial charge in [0.25, 0.3) is 0 Å². The number of hydrogen-bond donors (Lipinski definition) is 1. The van der Waals surface area contributed by atoms with Crippen molar-refractivity contribution in [1.82, 2.24) is 19.1 Å². The Balaban J connectivity index is 1.36. The fourth-order valence-electron chi connectivity index (χ4n) is 4.08. The number of pyridine rings is 1. The molecule has 1 aromatic carbocycles. The van der Waals surface area contributed by atoms with Crippen molar-refractivity contribution < 1.29 is 13.2 Å². The summed E-state index contributed by atoms with van der Waals surface area (Å²) in [7, 11) is -1.93. The Morgan fingerprint density at radius 1 is 1.15 bits per heavy atom. The van der Waals surface area contributed by atoms with E-state index in [1.54, 1.807) is 23.9 Å². The minimum absolute atomic E-state index is 0.0458. The molecular weight excluding hydrogens is 470 g/mol. The van der Waals surface area contributed by atoms with Gasteiger partial charge in [-0.3, -0.25) is 4.79 Å². The molecule has 0 bridgehead atoms. The van der Waals surface area contributed by atoms with Crippen LogP contribution in [0.5, 0.6) is 0 Å². The number of nitrogens with zero attached hydrogens (tertiary/aromatic N) is 4. The van der Waals surface area contributed by atoms with Crippen LogP contribution >= 0.6 is 11.8 Å². The topological polar surface area (TPSA) is 97.2 Å². The highest BCUT2D eigenvalue weighted by molar-refractivity contribution is 7.99. The summed E-state index contributed by atoms with van der Waals surface area (Å²) in [6.07, 6.45) is 6.46. The highest BCUT2D eigenvalue weighted by atomic mass is 32.2. The number of rotatable bonds is 8. The number of anilines is 1. The lowest BCUT2D eigenvalue weighted by atomic mass is 9.96. The van der Waals surface area contributed by atoms with E-state index in [0.29, 0.717) is 10.8 Å². The molecule has 2 heterocycles. The Morgan fingerprint density at radius 3 is 2.56 bits per heavy atom. The van der Waals surface area contributed by atoms with E-state index in [9.17, 15) is 13.2 Å². The minimum Gasteiger partial charge on any atom is -0.310 e. The van der Waals surface area contributed by atoms with Crippen LogP contribution in [0.4, 0.5) is 5.82 Å². The normalized spacial score (nSPS) is 14.9. The molecule has 1 saturated carbocycles. The van der Waals surface area contributed by atoms with Crippen molar-refractivity contribution in [1.29, 1.82) is 0 Å².